The number of benzene rings is 1. The Morgan fingerprint density at radius 3 is 2.74 bits per heavy atom. The molecule has 0 fully saturated rings. The molecule has 4 aromatic rings. The summed E-state index contributed by atoms with van der Waals surface area (Å²) in [7, 11) is 1.94. The molecule has 2 N–H and O–H groups in total. The summed E-state index contributed by atoms with van der Waals surface area (Å²) in [5, 5.41) is 0.567. The number of furan rings is 1. The van der Waals surface area contributed by atoms with Crippen LogP contribution in [-0.4, -0.2) is 33.4 Å². The summed E-state index contributed by atoms with van der Waals surface area (Å²) < 4.78 is 7.56. The number of nitrogens with one attached hydrogen (secondary N) is 2. The van der Waals surface area contributed by atoms with Crippen LogP contribution in [0.3, 0.4) is 0 Å². The first-order chi connectivity index (χ1) is 14.8. The summed E-state index contributed by atoms with van der Waals surface area (Å²) in [5.41, 5.74) is 3.16. The highest BCUT2D eigenvalue weighted by Crippen LogP contribution is 2.18. The molecule has 3 aromatic heterocycles. The number of Topliss-reactive ketones (excluding diaryl/α,β-unsaturated/α-hetero) is 1. The molecule has 0 bridgehead atoms. The third-order valence-corrected chi connectivity index (χ3v) is 5.97. The van der Waals surface area contributed by atoms with Gasteiger partial charge in [0, 0.05) is 17.0 Å². The van der Waals surface area contributed by atoms with Crippen LogP contribution in [0.1, 0.15) is 40.3 Å². The Hall–Kier alpha value is -3.45. The van der Waals surface area contributed by atoms with Crippen molar-refractivity contribution in [1.82, 2.24) is 14.5 Å². The molecule has 0 spiro atoms. The average Bonchev–Trinajstić information content (AvgIpc) is 3.36. The van der Waals surface area contributed by atoms with Gasteiger partial charge in [-0.15, -0.1) is 0 Å². The van der Waals surface area contributed by atoms with E-state index in [4.69, 9.17) is 4.42 Å². The zero-order valence-electron chi connectivity index (χ0n) is 18.2. The molecule has 2 atom stereocenters. The fourth-order valence-corrected chi connectivity index (χ4v) is 3.95. The number of para-hydroxylation sites is 1. The van der Waals surface area contributed by atoms with E-state index in [0.717, 1.165) is 27.6 Å². The Balaban J connectivity index is 1.53. The molecule has 4 rings (SSSR count). The number of fused-ring (bicyclic) bond motifs is 1. The highest BCUT2D eigenvalue weighted by Gasteiger charge is 2.27. The molecule has 7 heteroatoms. The lowest BCUT2D eigenvalue weighted by Crippen LogP contribution is -3.12. The van der Waals surface area contributed by atoms with Crippen LogP contribution >= 0.6 is 0 Å². The molecule has 1 aromatic carbocycles. The van der Waals surface area contributed by atoms with Crippen molar-refractivity contribution in [2.24, 2.45) is 0 Å². The van der Waals surface area contributed by atoms with E-state index < -0.39 is 0 Å². The smallest absolute Gasteiger partial charge is 0.258 e. The molecule has 31 heavy (non-hydrogen) atoms. The van der Waals surface area contributed by atoms with Gasteiger partial charge in [0.1, 0.15) is 18.3 Å². The second-order valence-electron chi connectivity index (χ2n) is 8.09. The summed E-state index contributed by atoms with van der Waals surface area (Å²) >= 11 is 0. The Bertz CT molecular complexity index is 1280. The first-order valence-corrected chi connectivity index (χ1v) is 10.4. The third kappa shape index (κ3) is 4.09. The average molecular weight is 420 g/mol. The summed E-state index contributed by atoms with van der Waals surface area (Å²) in [6.45, 7) is 6.91. The van der Waals surface area contributed by atoms with Crippen molar-refractivity contribution < 1.29 is 14.1 Å². The van der Waals surface area contributed by atoms with Gasteiger partial charge >= 0.3 is 0 Å². The van der Waals surface area contributed by atoms with Crippen molar-refractivity contribution in [2.75, 3.05) is 7.05 Å². The highest BCUT2D eigenvalue weighted by molar-refractivity contribution is 6.00. The van der Waals surface area contributed by atoms with Gasteiger partial charge in [-0.25, -0.2) is 4.98 Å². The number of ketones is 1. The van der Waals surface area contributed by atoms with Gasteiger partial charge < -0.3 is 18.9 Å². The number of aromatic nitrogens is 3. The number of quaternary nitrogens is 1. The predicted molar refractivity (Wildman–Crippen MR) is 118 cm³/mol. The molecule has 3 heterocycles. The van der Waals surface area contributed by atoms with E-state index in [1.165, 1.54) is 0 Å². The molecule has 0 amide bonds. The standard InChI is InChI=1S/C24H26N4O3/c1-15-12-20(16(2)28(15)13-18-8-7-11-31-18)23(29)17(3)27(4)14-22-25-21-10-6-5-9-19(21)24(30)26-22/h5-12,17H,13-14H2,1-4H3,(H,25,26,30)/p+1/t17-/m0/s1. The maximum absolute atomic E-state index is 13.3. The lowest BCUT2D eigenvalue weighted by Gasteiger charge is -2.20. The van der Waals surface area contributed by atoms with Crippen LogP contribution < -0.4 is 10.5 Å². The zero-order chi connectivity index (χ0) is 22.1. The van der Waals surface area contributed by atoms with Crippen molar-refractivity contribution in [2.45, 2.75) is 39.9 Å². The molecule has 0 radical (unpaired) electrons. The summed E-state index contributed by atoms with van der Waals surface area (Å²) in [6, 6.07) is 12.7. The van der Waals surface area contributed by atoms with Crippen molar-refractivity contribution in [3.63, 3.8) is 0 Å². The van der Waals surface area contributed by atoms with Gasteiger partial charge in [-0.1, -0.05) is 12.1 Å². The number of carbonyl (C=O) groups is 1. The van der Waals surface area contributed by atoms with Crippen LogP contribution in [0.25, 0.3) is 10.9 Å². The molecule has 0 saturated heterocycles. The SMILES string of the molecule is Cc1cc(C(=O)[C@H](C)[NH+](C)Cc2nc3ccccc3c(=O)[nH]2)c(C)n1Cc1ccco1. The topological polar surface area (TPSA) is 85.3 Å². The molecule has 0 aliphatic heterocycles. The lowest BCUT2D eigenvalue weighted by atomic mass is 10.0. The maximum atomic E-state index is 13.3. The van der Waals surface area contributed by atoms with Gasteiger partial charge in [-0.3, -0.25) is 9.59 Å². The van der Waals surface area contributed by atoms with Crippen LogP contribution in [0.5, 0.6) is 0 Å². The van der Waals surface area contributed by atoms with E-state index in [2.05, 4.69) is 14.5 Å². The molecule has 0 aliphatic rings. The highest BCUT2D eigenvalue weighted by atomic mass is 16.3. The van der Waals surface area contributed by atoms with Crippen LogP contribution in [0.4, 0.5) is 0 Å². The van der Waals surface area contributed by atoms with E-state index in [1.807, 2.05) is 64.2 Å². The molecule has 0 aliphatic carbocycles. The molecule has 1 unspecified atom stereocenters. The first kappa shape index (κ1) is 20.8. The summed E-state index contributed by atoms with van der Waals surface area (Å²) in [6.07, 6.45) is 1.65. The number of aromatic amines is 1. The second kappa shape index (κ2) is 8.35. The number of likely N-dealkylation sites (N-methyl/N-ethyl adjacent to an activating group) is 1. The molecule has 0 saturated carbocycles. The Labute approximate surface area is 180 Å². The normalized spacial score (nSPS) is 13.4. The Morgan fingerprint density at radius 2 is 2.00 bits per heavy atom. The van der Waals surface area contributed by atoms with Crippen molar-refractivity contribution in [3.8, 4) is 0 Å². The third-order valence-electron chi connectivity index (χ3n) is 5.97. The predicted octanol–water partition coefficient (Wildman–Crippen LogP) is 2.27. The quantitative estimate of drug-likeness (QED) is 0.450. The van der Waals surface area contributed by atoms with E-state index >= 15 is 0 Å². The van der Waals surface area contributed by atoms with Crippen LogP contribution in [0.15, 0.2) is 57.9 Å². The summed E-state index contributed by atoms with van der Waals surface area (Å²) in [5.74, 6) is 1.49. The number of H-pyrrole nitrogens is 1. The minimum absolute atomic E-state index is 0.0689. The largest absolute Gasteiger partial charge is 0.467 e. The van der Waals surface area contributed by atoms with E-state index in [9.17, 15) is 9.59 Å². The first-order valence-electron chi connectivity index (χ1n) is 10.4. The zero-order valence-corrected chi connectivity index (χ0v) is 18.2. The number of hydrogen-bond donors (Lipinski definition) is 2. The van der Waals surface area contributed by atoms with E-state index in [1.54, 1.807) is 12.3 Å². The minimum Gasteiger partial charge on any atom is -0.467 e. The Morgan fingerprint density at radius 1 is 1.23 bits per heavy atom. The van der Waals surface area contributed by atoms with Gasteiger partial charge in [0.05, 0.1) is 30.8 Å². The van der Waals surface area contributed by atoms with Gasteiger partial charge in [-0.2, -0.15) is 0 Å². The second-order valence-corrected chi connectivity index (χ2v) is 8.09. The molecule has 160 valence electrons. The molecular formula is C24H27N4O3+. The number of rotatable bonds is 7. The van der Waals surface area contributed by atoms with Crippen LogP contribution in [0, 0.1) is 13.8 Å². The summed E-state index contributed by atoms with van der Waals surface area (Å²) in [4.78, 5) is 34.0. The van der Waals surface area contributed by atoms with E-state index in [0.29, 0.717) is 29.8 Å². The fraction of sp³-hybridized carbons (Fsp3) is 0.292. The minimum atomic E-state index is -0.297. The monoisotopic (exact) mass is 419 g/mol. The van der Waals surface area contributed by atoms with Gasteiger partial charge in [0.15, 0.2) is 5.82 Å². The number of hydrogen-bond acceptors (Lipinski definition) is 4. The van der Waals surface area contributed by atoms with E-state index in [-0.39, 0.29) is 17.4 Å². The lowest BCUT2D eigenvalue weighted by molar-refractivity contribution is -0.908. The van der Waals surface area contributed by atoms with Crippen molar-refractivity contribution in [1.29, 1.82) is 0 Å². The molecule has 7 nitrogen and oxygen atoms in total. The number of nitrogens with zero attached hydrogens (tertiary/aromatic N) is 2. The fourth-order valence-electron chi connectivity index (χ4n) is 3.95. The van der Waals surface area contributed by atoms with Gasteiger partial charge in [0.25, 0.3) is 5.56 Å². The molecular weight excluding hydrogens is 392 g/mol. The van der Waals surface area contributed by atoms with Gasteiger partial charge in [-0.05, 0) is 51.1 Å². The number of carbonyl (C=O) groups excluding carboxylic acids is 1. The van der Waals surface area contributed by atoms with Gasteiger partial charge in [0.2, 0.25) is 5.78 Å². The Kier molecular flexibility index (Phi) is 5.61. The number of aryl methyl sites for hydroxylation is 1. The van der Waals surface area contributed by atoms with Crippen molar-refractivity contribution >= 4 is 16.7 Å². The maximum Gasteiger partial charge on any atom is 0.258 e. The van der Waals surface area contributed by atoms with Crippen LogP contribution in [-0.2, 0) is 13.1 Å². The van der Waals surface area contributed by atoms with Crippen molar-refractivity contribution in [3.05, 3.63) is 87.6 Å². The van der Waals surface area contributed by atoms with Crippen LogP contribution in [0.2, 0.25) is 0 Å².